The van der Waals surface area contributed by atoms with Gasteiger partial charge in [0, 0.05) is 25.7 Å². The van der Waals surface area contributed by atoms with Crippen LogP contribution in [-0.2, 0) is 16.0 Å². The van der Waals surface area contributed by atoms with E-state index in [-0.39, 0.29) is 18.5 Å². The van der Waals surface area contributed by atoms with Crippen LogP contribution in [0, 0.1) is 11.3 Å². The highest BCUT2D eigenvalue weighted by Crippen LogP contribution is 2.27. The van der Waals surface area contributed by atoms with Gasteiger partial charge in [-0.05, 0) is 30.5 Å². The molecule has 1 rings (SSSR count). The van der Waals surface area contributed by atoms with Crippen molar-refractivity contribution in [3.05, 3.63) is 35.5 Å². The van der Waals surface area contributed by atoms with E-state index in [9.17, 15) is 9.59 Å². The van der Waals surface area contributed by atoms with Crippen molar-refractivity contribution in [1.29, 1.82) is 5.26 Å². The van der Waals surface area contributed by atoms with Crippen LogP contribution in [0.25, 0.3) is 0 Å². The Bertz CT molecular complexity index is 695. The van der Waals surface area contributed by atoms with Gasteiger partial charge in [0.25, 0.3) is 5.91 Å². The molecule has 0 unspecified atom stereocenters. The number of rotatable bonds is 11. The van der Waals surface area contributed by atoms with Crippen LogP contribution in [0.4, 0.5) is 0 Å². The molecule has 0 heterocycles. The van der Waals surface area contributed by atoms with Gasteiger partial charge in [0.15, 0.2) is 11.5 Å². The molecule has 0 atom stereocenters. The lowest BCUT2D eigenvalue weighted by molar-refractivity contribution is -0.137. The summed E-state index contributed by atoms with van der Waals surface area (Å²) in [6.45, 7) is 0.725. The van der Waals surface area contributed by atoms with E-state index in [0.717, 1.165) is 5.56 Å². The molecule has 0 fully saturated rings. The number of carboxylic acids is 1. The first-order chi connectivity index (χ1) is 12.5. The molecule has 140 valence electrons. The lowest BCUT2D eigenvalue weighted by Crippen LogP contribution is -2.27. The maximum Gasteiger partial charge on any atom is 0.303 e. The van der Waals surface area contributed by atoms with E-state index in [1.54, 1.807) is 14.2 Å². The summed E-state index contributed by atoms with van der Waals surface area (Å²) >= 11 is 0. The monoisotopic (exact) mass is 361 g/mol. The smallest absolute Gasteiger partial charge is 0.303 e. The highest BCUT2D eigenvalue weighted by Gasteiger charge is 2.08. The average Bonchev–Trinajstić information content (AvgIpc) is 2.64. The van der Waals surface area contributed by atoms with Gasteiger partial charge in [0.2, 0.25) is 0 Å². The largest absolute Gasteiger partial charge is 0.493 e. The zero-order chi connectivity index (χ0) is 19.4. The second kappa shape index (κ2) is 11.4. The van der Waals surface area contributed by atoms with Crippen molar-refractivity contribution in [2.45, 2.75) is 19.3 Å². The molecular formula is C18H23N3O5. The normalized spacial score (nSPS) is 10.6. The van der Waals surface area contributed by atoms with Crippen molar-refractivity contribution in [2.24, 2.45) is 0 Å². The predicted molar refractivity (Wildman–Crippen MR) is 94.8 cm³/mol. The highest BCUT2D eigenvalue weighted by molar-refractivity contribution is 5.97. The number of ether oxygens (including phenoxy) is 2. The minimum Gasteiger partial charge on any atom is -0.493 e. The topological polar surface area (TPSA) is 121 Å². The van der Waals surface area contributed by atoms with Crippen molar-refractivity contribution in [3.63, 3.8) is 0 Å². The van der Waals surface area contributed by atoms with Crippen LogP contribution in [0.2, 0.25) is 0 Å². The molecule has 0 bridgehead atoms. The van der Waals surface area contributed by atoms with Gasteiger partial charge in [-0.15, -0.1) is 0 Å². The fraction of sp³-hybridized carbons (Fsp3) is 0.389. The first-order valence-corrected chi connectivity index (χ1v) is 8.06. The third kappa shape index (κ3) is 7.13. The fourth-order valence-electron chi connectivity index (χ4n) is 2.11. The Hall–Kier alpha value is -3.21. The van der Waals surface area contributed by atoms with E-state index < -0.39 is 11.9 Å². The number of carbonyl (C=O) groups excluding carboxylic acids is 1. The van der Waals surface area contributed by atoms with Crippen LogP contribution >= 0.6 is 0 Å². The summed E-state index contributed by atoms with van der Waals surface area (Å²) in [5.74, 6) is -0.168. The van der Waals surface area contributed by atoms with E-state index in [1.807, 2.05) is 24.3 Å². The number of methoxy groups -OCH3 is 2. The van der Waals surface area contributed by atoms with Crippen LogP contribution in [0.3, 0.4) is 0 Å². The molecular weight excluding hydrogens is 338 g/mol. The second-order valence-electron chi connectivity index (χ2n) is 5.32. The Morgan fingerprint density at radius 1 is 1.23 bits per heavy atom. The molecule has 3 N–H and O–H groups in total. The minimum absolute atomic E-state index is 0.0323. The lowest BCUT2D eigenvalue weighted by Gasteiger charge is -2.09. The number of carboxylic acid groups (broad SMARTS) is 1. The van der Waals surface area contributed by atoms with Crippen LogP contribution in [0.1, 0.15) is 18.4 Å². The number of hydrogen-bond donors (Lipinski definition) is 3. The van der Waals surface area contributed by atoms with E-state index in [1.165, 1.54) is 6.20 Å². The molecule has 0 saturated carbocycles. The van der Waals surface area contributed by atoms with Crippen molar-refractivity contribution in [2.75, 3.05) is 27.3 Å². The summed E-state index contributed by atoms with van der Waals surface area (Å²) in [6.07, 6.45) is 2.30. The average molecular weight is 361 g/mol. The molecule has 26 heavy (non-hydrogen) atoms. The number of benzene rings is 1. The fourth-order valence-corrected chi connectivity index (χ4v) is 2.11. The number of nitrogens with one attached hydrogen (secondary N) is 2. The molecule has 0 spiro atoms. The van der Waals surface area contributed by atoms with Gasteiger partial charge in [-0.1, -0.05) is 6.07 Å². The van der Waals surface area contributed by atoms with Crippen molar-refractivity contribution < 1.29 is 24.2 Å². The Morgan fingerprint density at radius 3 is 2.58 bits per heavy atom. The first kappa shape index (κ1) is 20.8. The van der Waals surface area contributed by atoms with Gasteiger partial charge in [-0.3, -0.25) is 9.59 Å². The van der Waals surface area contributed by atoms with E-state index in [4.69, 9.17) is 19.8 Å². The van der Waals surface area contributed by atoms with Crippen LogP contribution in [-0.4, -0.2) is 44.3 Å². The third-order valence-electron chi connectivity index (χ3n) is 3.47. The molecule has 0 saturated heterocycles. The summed E-state index contributed by atoms with van der Waals surface area (Å²) in [7, 11) is 3.14. The van der Waals surface area contributed by atoms with Crippen molar-refractivity contribution in [1.82, 2.24) is 10.6 Å². The second-order valence-corrected chi connectivity index (χ2v) is 5.32. The highest BCUT2D eigenvalue weighted by atomic mass is 16.5. The number of hydrogen-bond acceptors (Lipinski definition) is 6. The standard InChI is InChI=1S/C18H23N3O5/c1-25-15-6-5-13(10-16(15)26-2)7-9-20-12-14(11-19)18(24)21-8-3-4-17(22)23/h5-6,10,12,20H,3-4,7-9H2,1-2H3,(H,21,24)(H,22,23)/b14-12-. The molecule has 1 amide bonds. The maximum atomic E-state index is 11.8. The van der Waals surface area contributed by atoms with Gasteiger partial charge in [0.05, 0.1) is 14.2 Å². The molecule has 8 nitrogen and oxygen atoms in total. The summed E-state index contributed by atoms with van der Waals surface area (Å²) in [5, 5.41) is 23.0. The summed E-state index contributed by atoms with van der Waals surface area (Å²) < 4.78 is 10.4. The minimum atomic E-state index is -0.924. The molecule has 0 aromatic heterocycles. The Kier molecular flexibility index (Phi) is 9.10. The quantitative estimate of drug-likeness (QED) is 0.308. The Labute approximate surface area is 152 Å². The molecule has 0 aliphatic heterocycles. The van der Waals surface area contributed by atoms with Crippen molar-refractivity contribution >= 4 is 11.9 Å². The number of amides is 1. The maximum absolute atomic E-state index is 11.8. The van der Waals surface area contributed by atoms with E-state index in [2.05, 4.69) is 10.6 Å². The zero-order valence-electron chi connectivity index (χ0n) is 14.9. The predicted octanol–water partition coefficient (Wildman–Crippen LogP) is 1.22. The number of aliphatic carboxylic acids is 1. The molecule has 0 aliphatic carbocycles. The van der Waals surface area contributed by atoms with Gasteiger partial charge in [-0.25, -0.2) is 0 Å². The van der Waals surface area contributed by atoms with Gasteiger partial charge >= 0.3 is 5.97 Å². The van der Waals surface area contributed by atoms with Gasteiger partial charge in [0.1, 0.15) is 11.6 Å². The van der Waals surface area contributed by atoms with Gasteiger partial charge in [-0.2, -0.15) is 5.26 Å². The third-order valence-corrected chi connectivity index (χ3v) is 3.47. The molecule has 8 heteroatoms. The van der Waals surface area contributed by atoms with Crippen LogP contribution in [0.5, 0.6) is 11.5 Å². The zero-order valence-corrected chi connectivity index (χ0v) is 14.9. The number of nitriles is 1. The number of carbonyl (C=O) groups is 2. The van der Waals surface area contributed by atoms with Crippen molar-refractivity contribution in [3.8, 4) is 17.6 Å². The molecule has 1 aromatic rings. The summed E-state index contributed by atoms with van der Waals surface area (Å²) in [5.41, 5.74) is 0.952. The first-order valence-electron chi connectivity index (χ1n) is 8.06. The Balaban J connectivity index is 2.46. The molecule has 0 aliphatic rings. The van der Waals surface area contributed by atoms with E-state index in [0.29, 0.717) is 30.9 Å². The lowest BCUT2D eigenvalue weighted by atomic mass is 10.1. The SMILES string of the molecule is COc1ccc(CCN/C=C(/C#N)C(=O)NCCCC(=O)O)cc1OC. The summed E-state index contributed by atoms with van der Waals surface area (Å²) in [6, 6.07) is 7.41. The van der Waals surface area contributed by atoms with Gasteiger partial charge < -0.3 is 25.2 Å². The van der Waals surface area contributed by atoms with E-state index >= 15 is 0 Å². The number of nitrogens with zero attached hydrogens (tertiary/aromatic N) is 1. The van der Waals surface area contributed by atoms with Crippen LogP contribution in [0.15, 0.2) is 30.0 Å². The summed E-state index contributed by atoms with van der Waals surface area (Å²) in [4.78, 5) is 22.2. The molecule has 1 aromatic carbocycles. The van der Waals surface area contributed by atoms with Crippen LogP contribution < -0.4 is 20.1 Å². The Morgan fingerprint density at radius 2 is 1.96 bits per heavy atom. The molecule has 0 radical (unpaired) electrons.